The van der Waals surface area contributed by atoms with Crippen LogP contribution in [-0.2, 0) is 45.0 Å². The minimum atomic E-state index is -0.508. The van der Waals surface area contributed by atoms with Crippen molar-refractivity contribution in [3.05, 3.63) is 304 Å². The number of ether oxygens (including phenoxy) is 5. The number of carbonyl (C=O) groups is 2. The average Bonchev–Trinajstić information content (AvgIpc) is 1.61. The molecule has 8 aromatic heterocycles. The Morgan fingerprint density at radius 1 is 0.451 bits per heavy atom. The summed E-state index contributed by atoms with van der Waals surface area (Å²) in [5.74, 6) is 4.83. The third-order valence-electron chi connectivity index (χ3n) is 22.6. The highest BCUT2D eigenvalue weighted by Crippen LogP contribution is 2.37. The summed E-state index contributed by atoms with van der Waals surface area (Å²) in [5, 5.41) is 31.9. The van der Waals surface area contributed by atoms with Crippen LogP contribution in [-0.4, -0.2) is 167 Å². The van der Waals surface area contributed by atoms with Gasteiger partial charge in [-0.05, 0) is 283 Å². The summed E-state index contributed by atoms with van der Waals surface area (Å²) in [4.78, 5) is 45.8. The first-order valence-corrected chi connectivity index (χ1v) is 46.8. The molecule has 0 spiro atoms. The molecule has 12 heterocycles. The second-order valence-electron chi connectivity index (χ2n) is 35.4. The van der Waals surface area contributed by atoms with Crippen LogP contribution in [0.15, 0.2) is 277 Å². The van der Waals surface area contributed by atoms with E-state index in [9.17, 15) is 9.59 Å². The predicted molar refractivity (Wildman–Crippen MR) is 530 cm³/mol. The van der Waals surface area contributed by atoms with E-state index in [2.05, 4.69) is 132 Å². The number of anilines is 3. The number of fused-ring (bicyclic) bond motifs is 4. The Hall–Kier alpha value is -12.5. The number of nitrogens with zero attached hydrogens (tertiary/aromatic N) is 14. The van der Waals surface area contributed by atoms with Gasteiger partial charge in [0.1, 0.15) is 80.1 Å². The van der Waals surface area contributed by atoms with E-state index in [-0.39, 0.29) is 42.6 Å². The normalized spacial score (nSPS) is 16.0. The van der Waals surface area contributed by atoms with E-state index in [1.165, 1.54) is 35.1 Å². The van der Waals surface area contributed by atoms with Gasteiger partial charge in [0.15, 0.2) is 22.6 Å². The number of hydrogen-bond donors (Lipinski definition) is 5. The summed E-state index contributed by atoms with van der Waals surface area (Å²) in [7, 11) is -0.383. The molecule has 6 N–H and O–H groups in total. The van der Waals surface area contributed by atoms with E-state index >= 15 is 0 Å². The Balaban J connectivity index is 0.000000135. The van der Waals surface area contributed by atoms with Crippen LogP contribution in [0.4, 0.5) is 27.0 Å². The summed E-state index contributed by atoms with van der Waals surface area (Å²) >= 11 is 12.4. The van der Waals surface area contributed by atoms with Gasteiger partial charge in [-0.2, -0.15) is 5.10 Å². The highest BCUT2D eigenvalue weighted by molar-refractivity contribution is 9.10. The molecular formula is C101H115BBr2ClN19O9. The number of nitrogens with one attached hydrogen (secondary N) is 4. The molecule has 15 aromatic rings. The molecule has 133 heavy (non-hydrogen) atoms. The lowest BCUT2D eigenvalue weighted by Crippen LogP contribution is -2.42. The van der Waals surface area contributed by atoms with Crippen molar-refractivity contribution in [2.24, 2.45) is 5.73 Å². The van der Waals surface area contributed by atoms with E-state index in [1.54, 1.807) is 43.4 Å². The summed E-state index contributed by atoms with van der Waals surface area (Å²) in [5.41, 5.74) is 16.5. The molecule has 28 nitrogen and oxygen atoms in total. The van der Waals surface area contributed by atoms with Crippen molar-refractivity contribution in [1.82, 2.24) is 73.5 Å². The van der Waals surface area contributed by atoms with Crippen molar-refractivity contribution in [2.45, 2.75) is 174 Å². The topological polar surface area (TPSA) is 300 Å². The lowest BCUT2D eigenvalue weighted by atomic mass is 9.79. The quantitative estimate of drug-likeness (QED) is 0.0394. The molecule has 4 aliphatic rings. The molecule has 3 atom stereocenters. The number of rotatable bonds is 22. The van der Waals surface area contributed by atoms with E-state index in [1.807, 2.05) is 273 Å². The monoisotopic (exact) mass is 1940 g/mol. The zero-order valence-corrected chi connectivity index (χ0v) is 80.6. The van der Waals surface area contributed by atoms with Crippen LogP contribution in [0, 0.1) is 0 Å². The highest BCUT2D eigenvalue weighted by atomic mass is 79.9. The van der Waals surface area contributed by atoms with Crippen LogP contribution < -0.4 is 46.7 Å². The minimum Gasteiger partial charge on any atom is -0.492 e. The smallest absolute Gasteiger partial charge is 0.492 e. The van der Waals surface area contributed by atoms with Gasteiger partial charge < -0.3 is 69.8 Å². The standard InChI is InChI=1S/C29H33N5O3.C24H25N5O.C22H34BNO5.C13H11BrN4.C7H9N.C6H3BrClN3/c1-29(2,3)37-28(35)33-17-7-10-23(33)20-36-24-13-11-22(12-14-24)25-19-31-27-16-15-26(32-34(25)27)30-18-21-8-5-4-6-9-21;1-2-5-18(6-3-1)15-26-23-12-13-24-27-16-22(29(24)28-23)19-8-10-21(11-9-19)30-17-20-7-4-14-25-20;1-20(2,3)27-19(25)24-14-8-9-17(24)15-26-18-12-10-16(11-13-18)23-28-21(4,5)22(6,7)29-23;14-11-9-16-13-7-6-12(17-18(11)13)15-8-10-4-2-1-3-5-10;8-6-7-4-2-1-3-5-7;7-4-3-9-6-2-1-5(8)10-11(4)6/h4-6,8-9,11-16,19,23H,7,10,17-18,20H2,1-3H3,(H,30,32);1-3,5-6,8-13,16,20,25H,4,7,14-15,17H2,(H,26,28);10-13,17H,8-9,14-15H2,1-7H3;1-7,9H,8H2,(H,15,17);1-5H,6,8H2;1-3H/t23-;20-;17-;;;/m000.../s1. The maximum absolute atomic E-state index is 12.5. The largest absolute Gasteiger partial charge is 0.494 e. The zero-order chi connectivity index (χ0) is 93.5. The Kier molecular flexibility index (Phi) is 32.9. The van der Waals surface area contributed by atoms with E-state index in [4.69, 9.17) is 60.5 Å². The van der Waals surface area contributed by atoms with Crippen molar-refractivity contribution in [3.63, 3.8) is 0 Å². The van der Waals surface area contributed by atoms with Gasteiger partial charge in [-0.1, -0.05) is 145 Å². The molecular weight excluding hydrogens is 1830 g/mol. The van der Waals surface area contributed by atoms with E-state index in [0.717, 1.165) is 140 Å². The summed E-state index contributed by atoms with van der Waals surface area (Å²) in [6.07, 6.45) is 12.7. The first kappa shape index (κ1) is 96.6. The van der Waals surface area contributed by atoms with Crippen molar-refractivity contribution in [3.8, 4) is 39.8 Å². The van der Waals surface area contributed by atoms with Gasteiger partial charge in [-0.15, -0.1) is 15.3 Å². The van der Waals surface area contributed by atoms with Crippen LogP contribution in [0.2, 0.25) is 5.15 Å². The van der Waals surface area contributed by atoms with Gasteiger partial charge in [0.2, 0.25) is 0 Å². The van der Waals surface area contributed by atoms with Crippen molar-refractivity contribution < 1.29 is 42.6 Å². The third-order valence-corrected chi connectivity index (χ3v) is 23.9. The fraction of sp³-hybridized carbons (Fsp3) is 0.327. The molecule has 19 rings (SSSR count). The Bertz CT molecular complexity index is 6210. The molecule has 2 amide bonds. The van der Waals surface area contributed by atoms with Gasteiger partial charge in [0.05, 0.1) is 59.5 Å². The van der Waals surface area contributed by atoms with Gasteiger partial charge in [-0.25, -0.2) is 47.6 Å². The van der Waals surface area contributed by atoms with Gasteiger partial charge in [0.25, 0.3) is 0 Å². The lowest BCUT2D eigenvalue weighted by Gasteiger charge is -2.32. The van der Waals surface area contributed by atoms with Crippen LogP contribution in [0.25, 0.3) is 45.1 Å². The number of halogens is 3. The number of imidazole rings is 4. The Morgan fingerprint density at radius 3 is 1.20 bits per heavy atom. The number of hydrogen-bond acceptors (Lipinski definition) is 22. The second kappa shape index (κ2) is 45.3. The Morgan fingerprint density at radius 2 is 0.812 bits per heavy atom. The van der Waals surface area contributed by atoms with E-state index < -0.39 is 11.2 Å². The van der Waals surface area contributed by atoms with Crippen LogP contribution in [0.3, 0.4) is 0 Å². The van der Waals surface area contributed by atoms with Crippen LogP contribution in [0.5, 0.6) is 17.2 Å². The molecule has 0 bridgehead atoms. The SMILES string of the molecule is Brc1cnc2ccc(NCc3ccccc3)nn12.CC(C)(C)OC(=O)N1CCC[C@H]1COc1ccc(-c2cnc3ccc(NCc4ccccc4)nn23)cc1.CC(C)(C)OC(=O)N1CCC[C@H]1COc1ccc(B2OC(C)(C)C(C)(C)O2)cc1.Clc1ccc2ncc(Br)n2n1.NCc1ccccc1.c1ccc(CNc2ccc3ncc(-c4ccc(OC[C@@H]5CCCN5)cc4)n3n2)cc1. The molecule has 4 fully saturated rings. The van der Waals surface area contributed by atoms with Crippen LogP contribution >= 0.6 is 43.5 Å². The molecule has 4 saturated heterocycles. The van der Waals surface area contributed by atoms with Crippen LogP contribution in [0.1, 0.15) is 130 Å². The number of likely N-dealkylation sites (tertiary alicyclic amines) is 2. The first-order chi connectivity index (χ1) is 64.1. The molecule has 32 heteroatoms. The summed E-state index contributed by atoms with van der Waals surface area (Å²) in [6, 6.07) is 80.3. The minimum absolute atomic E-state index is 0.0132. The number of aromatic nitrogens is 12. The molecule has 0 radical (unpaired) electrons. The van der Waals surface area contributed by atoms with Crippen molar-refractivity contribution >= 4 is 108 Å². The van der Waals surface area contributed by atoms with Gasteiger partial charge in [-0.3, -0.25) is 0 Å². The molecule has 0 saturated carbocycles. The predicted octanol–water partition coefficient (Wildman–Crippen LogP) is 20.1. The maximum Gasteiger partial charge on any atom is 0.494 e. The van der Waals surface area contributed by atoms with Crippen molar-refractivity contribution in [2.75, 3.05) is 55.4 Å². The highest BCUT2D eigenvalue weighted by Gasteiger charge is 2.52. The second-order valence-corrected chi connectivity index (χ2v) is 37.4. The molecule has 692 valence electrons. The van der Waals surface area contributed by atoms with Gasteiger partial charge >= 0.3 is 19.3 Å². The number of amides is 2. The summed E-state index contributed by atoms with van der Waals surface area (Å²) < 4.78 is 50.0. The molecule has 0 unspecified atom stereocenters. The van der Waals surface area contributed by atoms with E-state index in [0.29, 0.717) is 57.2 Å². The lowest BCUT2D eigenvalue weighted by molar-refractivity contribution is 0.00578. The first-order valence-electron chi connectivity index (χ1n) is 44.8. The number of nitrogens with two attached hydrogens (primary N) is 1. The molecule has 0 aliphatic carbocycles. The fourth-order valence-corrected chi connectivity index (χ4v) is 15.7. The maximum atomic E-state index is 12.5. The van der Waals surface area contributed by atoms with Crippen molar-refractivity contribution in [1.29, 1.82) is 0 Å². The number of carbonyl (C=O) groups excluding carboxylic acids is 2. The number of benzene rings is 7. The Labute approximate surface area is 798 Å². The summed E-state index contributed by atoms with van der Waals surface area (Å²) in [6.45, 7) is 26.4. The molecule has 4 aliphatic heterocycles. The average molecular weight is 1950 g/mol. The van der Waals surface area contributed by atoms with Gasteiger partial charge in [0, 0.05) is 56.4 Å². The zero-order valence-electron chi connectivity index (χ0n) is 76.7. The fourth-order valence-electron chi connectivity index (χ4n) is 14.8. The third kappa shape index (κ3) is 27.4. The molecule has 7 aromatic carbocycles.